The molecule has 0 aliphatic carbocycles. The number of hydrogen-bond donors (Lipinski definition) is 0. The van der Waals surface area contributed by atoms with E-state index in [4.69, 9.17) is 4.74 Å². The third-order valence-electron chi connectivity index (χ3n) is 3.99. The van der Waals surface area contributed by atoms with Crippen LogP contribution in [0.25, 0.3) is 11.3 Å². The molecule has 1 aromatic heterocycles. The van der Waals surface area contributed by atoms with Gasteiger partial charge >= 0.3 is 5.97 Å². The van der Waals surface area contributed by atoms with Crippen molar-refractivity contribution in [3.05, 3.63) is 58.4 Å². The fourth-order valence-electron chi connectivity index (χ4n) is 2.62. The molecule has 0 amide bonds. The Labute approximate surface area is 143 Å². The highest BCUT2D eigenvalue weighted by Crippen LogP contribution is 2.18. The van der Waals surface area contributed by atoms with Gasteiger partial charge in [0.15, 0.2) is 5.43 Å². The van der Waals surface area contributed by atoms with Crippen LogP contribution >= 0.6 is 0 Å². The lowest BCUT2D eigenvalue weighted by Crippen LogP contribution is -2.20. The number of hydrogen-bond acceptors (Lipinski definition) is 3. The SMILES string of the molecule is CCCCCCOC(=O)c1cn(CC)c(-c2ccccc2)cc1=O. The first-order chi connectivity index (χ1) is 11.7. The van der Waals surface area contributed by atoms with Crippen LogP contribution in [0, 0.1) is 0 Å². The van der Waals surface area contributed by atoms with E-state index >= 15 is 0 Å². The van der Waals surface area contributed by atoms with E-state index in [-0.39, 0.29) is 11.0 Å². The quantitative estimate of drug-likeness (QED) is 0.537. The molecule has 0 unspecified atom stereocenters. The minimum Gasteiger partial charge on any atom is -0.462 e. The highest BCUT2D eigenvalue weighted by atomic mass is 16.5. The zero-order valence-electron chi connectivity index (χ0n) is 14.5. The summed E-state index contributed by atoms with van der Waals surface area (Å²) in [5.41, 5.74) is 1.57. The first kappa shape index (κ1) is 18.0. The number of esters is 1. The fraction of sp³-hybridized carbons (Fsp3) is 0.400. The number of nitrogens with zero attached hydrogens (tertiary/aromatic N) is 1. The summed E-state index contributed by atoms with van der Waals surface area (Å²) in [6, 6.07) is 11.2. The first-order valence-electron chi connectivity index (χ1n) is 8.64. The largest absolute Gasteiger partial charge is 0.462 e. The third-order valence-corrected chi connectivity index (χ3v) is 3.99. The van der Waals surface area contributed by atoms with Crippen molar-refractivity contribution in [3.8, 4) is 11.3 Å². The molecule has 0 aliphatic heterocycles. The Hall–Kier alpha value is -2.36. The Kier molecular flexibility index (Phi) is 6.79. The maximum absolute atomic E-state index is 12.3. The summed E-state index contributed by atoms with van der Waals surface area (Å²) in [6.07, 6.45) is 5.75. The van der Waals surface area contributed by atoms with E-state index in [1.807, 2.05) is 41.8 Å². The van der Waals surface area contributed by atoms with Crippen molar-refractivity contribution in [2.45, 2.75) is 46.1 Å². The number of carbonyl (C=O) groups is 1. The summed E-state index contributed by atoms with van der Waals surface area (Å²) in [5.74, 6) is -0.529. The lowest BCUT2D eigenvalue weighted by Gasteiger charge is -2.13. The molecule has 4 nitrogen and oxygen atoms in total. The first-order valence-corrected chi connectivity index (χ1v) is 8.64. The van der Waals surface area contributed by atoms with Gasteiger partial charge in [0.2, 0.25) is 0 Å². The monoisotopic (exact) mass is 327 g/mol. The summed E-state index contributed by atoms with van der Waals surface area (Å²) in [7, 11) is 0. The predicted octanol–water partition coefficient (Wildman–Crippen LogP) is 4.27. The number of pyridine rings is 1. The van der Waals surface area contributed by atoms with Crippen LogP contribution in [0.1, 0.15) is 49.9 Å². The topological polar surface area (TPSA) is 48.3 Å². The molecule has 0 bridgehead atoms. The van der Waals surface area contributed by atoms with Crippen LogP contribution in [0.4, 0.5) is 0 Å². The maximum Gasteiger partial charge on any atom is 0.343 e. The van der Waals surface area contributed by atoms with Crippen molar-refractivity contribution < 1.29 is 9.53 Å². The summed E-state index contributed by atoms with van der Waals surface area (Å²) < 4.78 is 7.16. The second-order valence-corrected chi connectivity index (χ2v) is 5.79. The second-order valence-electron chi connectivity index (χ2n) is 5.79. The Morgan fingerprint density at radius 3 is 2.50 bits per heavy atom. The zero-order valence-corrected chi connectivity index (χ0v) is 14.5. The normalized spacial score (nSPS) is 10.6. The molecular formula is C20H25NO3. The van der Waals surface area contributed by atoms with Crippen LogP contribution in [0.2, 0.25) is 0 Å². The molecule has 1 aromatic carbocycles. The number of ether oxygens (including phenoxy) is 1. The third kappa shape index (κ3) is 4.57. The lowest BCUT2D eigenvalue weighted by atomic mass is 10.1. The van der Waals surface area contributed by atoms with Crippen LogP contribution < -0.4 is 5.43 Å². The molecule has 24 heavy (non-hydrogen) atoms. The number of carbonyl (C=O) groups excluding carboxylic acids is 1. The molecule has 4 heteroatoms. The number of aromatic nitrogens is 1. The molecule has 0 N–H and O–H groups in total. The average molecular weight is 327 g/mol. The molecule has 0 radical (unpaired) electrons. The Bertz CT molecular complexity index is 719. The van der Waals surface area contributed by atoms with Gasteiger partial charge in [0.1, 0.15) is 5.56 Å². The smallest absolute Gasteiger partial charge is 0.343 e. The van der Waals surface area contributed by atoms with Gasteiger partial charge in [0.25, 0.3) is 0 Å². The summed E-state index contributed by atoms with van der Waals surface area (Å²) in [4.78, 5) is 24.5. The molecule has 2 aromatic rings. The van der Waals surface area contributed by atoms with Gasteiger partial charge in [-0.1, -0.05) is 56.5 Å². The van der Waals surface area contributed by atoms with E-state index in [1.54, 1.807) is 6.20 Å². The van der Waals surface area contributed by atoms with Gasteiger partial charge in [-0.3, -0.25) is 4.79 Å². The molecule has 1 heterocycles. The van der Waals surface area contributed by atoms with Gasteiger partial charge in [-0.2, -0.15) is 0 Å². The van der Waals surface area contributed by atoms with E-state index < -0.39 is 5.97 Å². The molecule has 128 valence electrons. The second kappa shape index (κ2) is 9.06. The van der Waals surface area contributed by atoms with Crippen LogP contribution in [-0.4, -0.2) is 17.1 Å². The van der Waals surface area contributed by atoms with Crippen LogP contribution in [0.3, 0.4) is 0 Å². The molecular weight excluding hydrogens is 302 g/mol. The van der Waals surface area contributed by atoms with Crippen LogP contribution in [0.5, 0.6) is 0 Å². The predicted molar refractivity (Wildman–Crippen MR) is 96.2 cm³/mol. The number of aryl methyl sites for hydroxylation is 1. The van der Waals surface area contributed by atoms with E-state index in [1.165, 1.54) is 6.07 Å². The van der Waals surface area contributed by atoms with Crippen molar-refractivity contribution in [2.75, 3.05) is 6.61 Å². The molecule has 2 rings (SSSR count). The van der Waals surface area contributed by atoms with E-state index in [9.17, 15) is 9.59 Å². The van der Waals surface area contributed by atoms with Crippen molar-refractivity contribution in [2.24, 2.45) is 0 Å². The van der Waals surface area contributed by atoms with Crippen LogP contribution in [0.15, 0.2) is 47.4 Å². The Morgan fingerprint density at radius 2 is 1.83 bits per heavy atom. The minimum atomic E-state index is -0.529. The van der Waals surface area contributed by atoms with Crippen LogP contribution in [-0.2, 0) is 11.3 Å². The van der Waals surface area contributed by atoms with Gasteiger partial charge in [0, 0.05) is 18.8 Å². The molecule has 0 fully saturated rings. The molecule has 0 atom stereocenters. The zero-order chi connectivity index (χ0) is 17.4. The number of benzene rings is 1. The fourth-order valence-corrected chi connectivity index (χ4v) is 2.62. The van der Waals surface area contributed by atoms with E-state index in [0.29, 0.717) is 13.2 Å². The van der Waals surface area contributed by atoms with Gasteiger partial charge < -0.3 is 9.30 Å². The number of rotatable bonds is 8. The summed E-state index contributed by atoms with van der Waals surface area (Å²) in [5, 5.41) is 0. The van der Waals surface area contributed by atoms with Gasteiger partial charge in [0.05, 0.1) is 12.3 Å². The van der Waals surface area contributed by atoms with Crippen molar-refractivity contribution in [3.63, 3.8) is 0 Å². The Balaban J connectivity index is 2.17. The van der Waals surface area contributed by atoms with Crippen molar-refractivity contribution >= 4 is 5.97 Å². The highest BCUT2D eigenvalue weighted by molar-refractivity contribution is 5.89. The average Bonchev–Trinajstić information content (AvgIpc) is 2.62. The van der Waals surface area contributed by atoms with Crippen molar-refractivity contribution in [1.82, 2.24) is 4.57 Å². The van der Waals surface area contributed by atoms with Gasteiger partial charge in [-0.15, -0.1) is 0 Å². The molecule has 0 spiro atoms. The van der Waals surface area contributed by atoms with Crippen molar-refractivity contribution in [1.29, 1.82) is 0 Å². The number of unbranched alkanes of at least 4 members (excludes halogenated alkanes) is 3. The Morgan fingerprint density at radius 1 is 1.08 bits per heavy atom. The van der Waals surface area contributed by atoms with Gasteiger partial charge in [-0.05, 0) is 18.9 Å². The summed E-state index contributed by atoms with van der Waals surface area (Å²) >= 11 is 0. The van der Waals surface area contributed by atoms with Gasteiger partial charge in [-0.25, -0.2) is 4.79 Å². The van der Waals surface area contributed by atoms with E-state index in [0.717, 1.165) is 36.9 Å². The lowest BCUT2D eigenvalue weighted by molar-refractivity contribution is 0.0495. The minimum absolute atomic E-state index is 0.104. The molecule has 0 aliphatic rings. The van der Waals surface area contributed by atoms with E-state index in [2.05, 4.69) is 6.92 Å². The summed E-state index contributed by atoms with van der Waals surface area (Å²) in [6.45, 7) is 5.15. The molecule has 0 saturated heterocycles. The molecule has 0 saturated carbocycles. The highest BCUT2D eigenvalue weighted by Gasteiger charge is 2.15. The maximum atomic E-state index is 12.3. The standard InChI is InChI=1S/C20H25NO3/c1-3-5-6-10-13-24-20(23)17-15-21(4-2)18(14-19(17)22)16-11-8-7-9-12-16/h7-9,11-12,14-15H,3-6,10,13H2,1-2H3.